The summed E-state index contributed by atoms with van der Waals surface area (Å²) in [6, 6.07) is 10.5. The Morgan fingerprint density at radius 1 is 1.18 bits per heavy atom. The molecule has 7 nitrogen and oxygen atoms in total. The normalized spacial score (nSPS) is 16.9. The van der Waals surface area contributed by atoms with Crippen LogP contribution < -0.4 is 20.9 Å². The molecule has 0 bridgehead atoms. The molecule has 2 rings (SSSR count). The van der Waals surface area contributed by atoms with Crippen molar-refractivity contribution in [2.75, 3.05) is 44.7 Å². The number of guanidine groups is 1. The summed E-state index contributed by atoms with van der Waals surface area (Å²) in [5, 5.41) is 9.31. The zero-order valence-corrected chi connectivity index (χ0v) is 19.7. The topological polar surface area (TPSA) is 78.0 Å². The Bertz CT molecular complexity index is 619. The largest absolute Gasteiger partial charge is 0.444 e. The summed E-state index contributed by atoms with van der Waals surface area (Å²) in [7, 11) is 1.75. The number of aliphatic imine (C=N–C) groups is 1. The van der Waals surface area contributed by atoms with E-state index in [4.69, 9.17) is 4.74 Å². The number of alkyl carbamates (subject to hydrolysis) is 1. The molecular weight excluding hydrogens is 469 g/mol. The van der Waals surface area contributed by atoms with Crippen molar-refractivity contribution in [3.05, 3.63) is 30.3 Å². The van der Waals surface area contributed by atoms with Crippen LogP contribution in [0.5, 0.6) is 0 Å². The van der Waals surface area contributed by atoms with Crippen molar-refractivity contribution in [2.24, 2.45) is 10.9 Å². The van der Waals surface area contributed by atoms with Crippen molar-refractivity contribution in [3.8, 4) is 0 Å². The third-order valence-electron chi connectivity index (χ3n) is 4.27. The van der Waals surface area contributed by atoms with E-state index in [2.05, 4.69) is 50.1 Å². The fraction of sp³-hybridized carbons (Fsp3) is 0.600. The van der Waals surface area contributed by atoms with Gasteiger partial charge in [0.1, 0.15) is 5.60 Å². The van der Waals surface area contributed by atoms with Gasteiger partial charge in [0.25, 0.3) is 0 Å². The maximum Gasteiger partial charge on any atom is 0.407 e. The van der Waals surface area contributed by atoms with Gasteiger partial charge in [0.05, 0.1) is 0 Å². The van der Waals surface area contributed by atoms with Crippen LogP contribution in [0.4, 0.5) is 10.5 Å². The Hall–Kier alpha value is -1.71. The van der Waals surface area contributed by atoms with Crippen LogP contribution in [0.15, 0.2) is 35.3 Å². The van der Waals surface area contributed by atoms with Crippen molar-refractivity contribution >= 4 is 41.7 Å². The van der Waals surface area contributed by atoms with Crippen LogP contribution in [-0.2, 0) is 4.74 Å². The molecule has 1 aliphatic heterocycles. The summed E-state index contributed by atoms with van der Waals surface area (Å²) >= 11 is 0. The van der Waals surface area contributed by atoms with E-state index in [1.54, 1.807) is 7.05 Å². The fourth-order valence-electron chi connectivity index (χ4n) is 2.99. The minimum Gasteiger partial charge on any atom is -0.444 e. The molecule has 8 heteroatoms. The second kappa shape index (κ2) is 12.0. The van der Waals surface area contributed by atoms with Gasteiger partial charge in [0, 0.05) is 45.5 Å². The maximum atomic E-state index is 11.6. The molecule has 1 unspecified atom stereocenters. The number of amides is 1. The van der Waals surface area contributed by atoms with E-state index in [-0.39, 0.29) is 24.0 Å². The van der Waals surface area contributed by atoms with Gasteiger partial charge in [-0.2, -0.15) is 0 Å². The average Bonchev–Trinajstić information content (AvgIpc) is 3.09. The molecule has 1 amide bonds. The van der Waals surface area contributed by atoms with Gasteiger partial charge in [-0.05, 0) is 45.2 Å². The number of hydrogen-bond acceptors (Lipinski definition) is 4. The van der Waals surface area contributed by atoms with Crippen LogP contribution in [0.25, 0.3) is 0 Å². The van der Waals surface area contributed by atoms with E-state index < -0.39 is 11.7 Å². The number of benzene rings is 1. The number of anilines is 1. The standard InChI is InChI=1S/C20H33N5O2.HI/c1-20(2,3)27-19(26)23-12-11-22-18(21-4)24-14-16-10-13-25(15-16)17-8-6-5-7-9-17;/h5-9,16H,10-15H2,1-4H3,(H,23,26)(H2,21,22,24);1H. The first-order chi connectivity index (χ1) is 12.9. The zero-order chi connectivity index (χ0) is 19.7. The van der Waals surface area contributed by atoms with Crippen molar-refractivity contribution in [1.82, 2.24) is 16.0 Å². The second-order valence-corrected chi connectivity index (χ2v) is 7.74. The number of nitrogens with one attached hydrogen (secondary N) is 3. The Morgan fingerprint density at radius 3 is 2.50 bits per heavy atom. The number of para-hydroxylation sites is 1. The summed E-state index contributed by atoms with van der Waals surface area (Å²) in [6.07, 6.45) is 0.762. The number of carbonyl (C=O) groups is 1. The maximum absolute atomic E-state index is 11.6. The van der Waals surface area contributed by atoms with E-state index in [0.29, 0.717) is 19.0 Å². The van der Waals surface area contributed by atoms with E-state index in [0.717, 1.165) is 25.6 Å². The minimum absolute atomic E-state index is 0. The summed E-state index contributed by atoms with van der Waals surface area (Å²) in [5.74, 6) is 1.34. The predicted molar refractivity (Wildman–Crippen MR) is 126 cm³/mol. The van der Waals surface area contributed by atoms with Gasteiger partial charge in [-0.25, -0.2) is 4.79 Å². The SMILES string of the molecule is CN=C(NCCNC(=O)OC(C)(C)C)NCC1CCN(c2ccccc2)C1.I. The van der Waals surface area contributed by atoms with Gasteiger partial charge in [0.2, 0.25) is 0 Å². The van der Waals surface area contributed by atoms with Crippen LogP contribution in [0.1, 0.15) is 27.2 Å². The van der Waals surface area contributed by atoms with Crippen LogP contribution in [0.3, 0.4) is 0 Å². The number of halogens is 1. The highest BCUT2D eigenvalue weighted by atomic mass is 127. The molecule has 1 heterocycles. The Labute approximate surface area is 185 Å². The van der Waals surface area contributed by atoms with Crippen LogP contribution in [-0.4, -0.2) is 57.4 Å². The molecule has 0 aliphatic carbocycles. The summed E-state index contributed by atoms with van der Waals surface area (Å²) in [4.78, 5) is 18.3. The van der Waals surface area contributed by atoms with Crippen molar-refractivity contribution in [2.45, 2.75) is 32.8 Å². The Kier molecular flexibility index (Phi) is 10.4. The first kappa shape index (κ1) is 24.3. The zero-order valence-electron chi connectivity index (χ0n) is 17.3. The molecule has 1 aromatic rings. The minimum atomic E-state index is -0.482. The number of carbonyl (C=O) groups excluding carboxylic acids is 1. The van der Waals surface area contributed by atoms with Crippen LogP contribution >= 0.6 is 24.0 Å². The van der Waals surface area contributed by atoms with Gasteiger partial charge >= 0.3 is 6.09 Å². The van der Waals surface area contributed by atoms with E-state index in [1.807, 2.05) is 26.8 Å². The van der Waals surface area contributed by atoms with Gasteiger partial charge in [-0.1, -0.05) is 18.2 Å². The predicted octanol–water partition coefficient (Wildman–Crippen LogP) is 2.82. The molecule has 0 radical (unpaired) electrons. The van der Waals surface area contributed by atoms with Gasteiger partial charge in [-0.3, -0.25) is 4.99 Å². The second-order valence-electron chi connectivity index (χ2n) is 7.74. The molecule has 1 aliphatic rings. The van der Waals surface area contributed by atoms with Gasteiger partial charge < -0.3 is 25.6 Å². The fourth-order valence-corrected chi connectivity index (χ4v) is 2.99. The summed E-state index contributed by atoms with van der Waals surface area (Å²) < 4.78 is 5.20. The smallest absolute Gasteiger partial charge is 0.407 e. The quantitative estimate of drug-likeness (QED) is 0.241. The molecule has 28 heavy (non-hydrogen) atoms. The lowest BCUT2D eigenvalue weighted by atomic mass is 10.1. The molecule has 1 fully saturated rings. The lowest BCUT2D eigenvalue weighted by molar-refractivity contribution is 0.0529. The Morgan fingerprint density at radius 2 is 1.86 bits per heavy atom. The first-order valence-corrected chi connectivity index (χ1v) is 9.59. The highest BCUT2D eigenvalue weighted by Gasteiger charge is 2.22. The first-order valence-electron chi connectivity index (χ1n) is 9.59. The van der Waals surface area contributed by atoms with Crippen LogP contribution in [0.2, 0.25) is 0 Å². The van der Waals surface area contributed by atoms with E-state index >= 15 is 0 Å². The van der Waals surface area contributed by atoms with Gasteiger partial charge in [-0.15, -0.1) is 24.0 Å². The molecule has 0 saturated carbocycles. The molecule has 0 aromatic heterocycles. The molecular formula is C20H34IN5O2. The molecule has 0 spiro atoms. The van der Waals surface area contributed by atoms with Crippen molar-refractivity contribution in [3.63, 3.8) is 0 Å². The van der Waals surface area contributed by atoms with Crippen molar-refractivity contribution < 1.29 is 9.53 Å². The molecule has 1 saturated heterocycles. The number of nitrogens with zero attached hydrogens (tertiary/aromatic N) is 2. The van der Waals surface area contributed by atoms with E-state index in [9.17, 15) is 4.79 Å². The van der Waals surface area contributed by atoms with E-state index in [1.165, 1.54) is 12.1 Å². The monoisotopic (exact) mass is 503 g/mol. The van der Waals surface area contributed by atoms with Gasteiger partial charge in [0.15, 0.2) is 5.96 Å². The average molecular weight is 503 g/mol. The van der Waals surface area contributed by atoms with Crippen molar-refractivity contribution in [1.29, 1.82) is 0 Å². The number of ether oxygens (including phenoxy) is 1. The Balaban J connectivity index is 0.00000392. The highest BCUT2D eigenvalue weighted by molar-refractivity contribution is 14.0. The molecule has 1 aromatic carbocycles. The number of hydrogen-bond donors (Lipinski definition) is 3. The summed E-state index contributed by atoms with van der Waals surface area (Å²) in [6.45, 7) is 9.61. The number of rotatable bonds is 6. The highest BCUT2D eigenvalue weighted by Crippen LogP contribution is 2.22. The lowest BCUT2D eigenvalue weighted by Gasteiger charge is -2.20. The summed E-state index contributed by atoms with van der Waals surface area (Å²) in [5.41, 5.74) is 0.806. The third kappa shape index (κ3) is 8.99. The molecule has 3 N–H and O–H groups in total. The molecule has 1 atom stereocenters. The lowest BCUT2D eigenvalue weighted by Crippen LogP contribution is -2.44. The van der Waals surface area contributed by atoms with Crippen LogP contribution in [0, 0.1) is 5.92 Å². The third-order valence-corrected chi connectivity index (χ3v) is 4.27. The molecule has 158 valence electrons.